The predicted molar refractivity (Wildman–Crippen MR) is 141 cm³/mol. The lowest BCUT2D eigenvalue weighted by atomic mass is 10.1. The van der Waals surface area contributed by atoms with Gasteiger partial charge in [0.15, 0.2) is 17.3 Å². The van der Waals surface area contributed by atoms with E-state index in [1.165, 1.54) is 48.0 Å². The van der Waals surface area contributed by atoms with Crippen molar-refractivity contribution in [2.75, 3.05) is 13.7 Å². The number of rotatable bonds is 11. The maximum absolute atomic E-state index is 12.9. The van der Waals surface area contributed by atoms with Crippen molar-refractivity contribution < 1.29 is 9.47 Å². The van der Waals surface area contributed by atoms with E-state index in [4.69, 9.17) is 9.47 Å². The fourth-order valence-electron chi connectivity index (χ4n) is 3.66. The predicted octanol–water partition coefficient (Wildman–Crippen LogP) is 5.88. The second-order valence-corrected chi connectivity index (χ2v) is 10.0. The van der Waals surface area contributed by atoms with Crippen LogP contribution in [0, 0.1) is 0 Å². The molecule has 0 bridgehead atoms. The second kappa shape index (κ2) is 11.6. The minimum atomic E-state index is -0.182. The maximum atomic E-state index is 12.9. The van der Waals surface area contributed by atoms with E-state index >= 15 is 0 Å². The topological polar surface area (TPSA) is 65.7 Å². The lowest BCUT2D eigenvalue weighted by molar-refractivity contribution is 0.284. The van der Waals surface area contributed by atoms with Crippen molar-refractivity contribution >= 4 is 38.3 Å². The Bertz CT molecular complexity index is 1350. The molecule has 178 valence electrons. The van der Waals surface area contributed by atoms with Crippen LogP contribution in [0.25, 0.3) is 22.4 Å². The Morgan fingerprint density at radius 1 is 1.03 bits per heavy atom. The number of hydrogen-bond acceptors (Lipinski definition) is 6. The summed E-state index contributed by atoms with van der Waals surface area (Å²) in [5, 5.41) is 4.41. The first-order valence-electron chi connectivity index (χ1n) is 11.6. The van der Waals surface area contributed by atoms with E-state index in [2.05, 4.69) is 32.9 Å². The fourth-order valence-corrected chi connectivity index (χ4v) is 4.84. The highest BCUT2D eigenvalue weighted by Crippen LogP contribution is 2.28. The van der Waals surface area contributed by atoms with Crippen molar-refractivity contribution in [1.82, 2.24) is 14.6 Å². The van der Waals surface area contributed by atoms with Crippen molar-refractivity contribution in [1.29, 1.82) is 0 Å². The molecule has 4 aromatic rings. The lowest BCUT2D eigenvalue weighted by Gasteiger charge is -2.11. The molecule has 0 aliphatic heterocycles. The third-order valence-corrected chi connectivity index (χ3v) is 7.01. The molecular weight excluding hydrogens is 514 g/mol. The largest absolute Gasteiger partial charge is 0.493 e. The number of benzene rings is 2. The molecule has 0 amide bonds. The SMILES string of the molecule is CCCCCCCCOc1ccc(/C=c2\sc3nc(-c4ccc(Br)cc4)nn3c2=O)cc1OC. The fraction of sp³-hybridized carbons (Fsp3) is 0.346. The van der Waals surface area contributed by atoms with E-state index < -0.39 is 0 Å². The van der Waals surface area contributed by atoms with Crippen LogP contribution in [0.15, 0.2) is 51.7 Å². The number of ether oxygens (including phenoxy) is 2. The first-order chi connectivity index (χ1) is 16.6. The van der Waals surface area contributed by atoms with Crippen LogP contribution >= 0.6 is 27.3 Å². The molecule has 2 aromatic carbocycles. The average Bonchev–Trinajstić information content (AvgIpc) is 3.38. The molecule has 0 saturated heterocycles. The molecule has 2 heterocycles. The highest BCUT2D eigenvalue weighted by atomic mass is 79.9. The van der Waals surface area contributed by atoms with E-state index in [-0.39, 0.29) is 5.56 Å². The Labute approximate surface area is 211 Å². The molecule has 2 aromatic heterocycles. The molecule has 0 aliphatic rings. The quantitative estimate of drug-likeness (QED) is 0.222. The standard InChI is InChI=1S/C26H28BrN3O3S/c1-3-4-5-6-7-8-15-33-21-14-9-18(16-22(21)32-2)17-23-25(31)30-26(34-23)28-24(29-30)19-10-12-20(27)13-11-19/h9-14,16-17H,3-8,15H2,1-2H3/b23-17-. The van der Waals surface area contributed by atoms with Gasteiger partial charge in [0.25, 0.3) is 5.56 Å². The molecule has 0 fully saturated rings. The minimum Gasteiger partial charge on any atom is -0.493 e. The van der Waals surface area contributed by atoms with E-state index in [1.807, 2.05) is 48.5 Å². The molecule has 0 aliphatic carbocycles. The minimum absolute atomic E-state index is 0.182. The Morgan fingerprint density at radius 2 is 1.79 bits per heavy atom. The smallest absolute Gasteiger partial charge is 0.291 e. The first kappa shape index (κ1) is 24.4. The van der Waals surface area contributed by atoms with Gasteiger partial charge in [0.05, 0.1) is 18.2 Å². The number of halogens is 1. The molecule has 0 saturated carbocycles. The lowest BCUT2D eigenvalue weighted by Crippen LogP contribution is -2.23. The van der Waals surface area contributed by atoms with Crippen LogP contribution in [0.1, 0.15) is 51.0 Å². The molecular formula is C26H28BrN3O3S. The highest BCUT2D eigenvalue weighted by Gasteiger charge is 2.12. The molecule has 0 radical (unpaired) electrons. The van der Waals surface area contributed by atoms with Gasteiger partial charge in [-0.3, -0.25) is 4.79 Å². The molecule has 0 atom stereocenters. The Kier molecular flexibility index (Phi) is 8.34. The van der Waals surface area contributed by atoms with Crippen LogP contribution in [0.5, 0.6) is 11.5 Å². The van der Waals surface area contributed by atoms with E-state index in [0.29, 0.717) is 27.7 Å². The number of thiazole rings is 1. The van der Waals surface area contributed by atoms with Crippen LogP contribution in [0.3, 0.4) is 0 Å². The van der Waals surface area contributed by atoms with Gasteiger partial charge in [-0.05, 0) is 42.3 Å². The summed E-state index contributed by atoms with van der Waals surface area (Å²) < 4.78 is 14.4. The Morgan fingerprint density at radius 3 is 2.53 bits per heavy atom. The number of fused-ring (bicyclic) bond motifs is 1. The van der Waals surface area contributed by atoms with Crippen molar-refractivity contribution in [2.45, 2.75) is 45.4 Å². The maximum Gasteiger partial charge on any atom is 0.291 e. The van der Waals surface area contributed by atoms with Crippen LogP contribution < -0.4 is 19.6 Å². The van der Waals surface area contributed by atoms with Gasteiger partial charge in [0, 0.05) is 10.0 Å². The van der Waals surface area contributed by atoms with Gasteiger partial charge in [0.1, 0.15) is 0 Å². The Hall–Kier alpha value is -2.71. The van der Waals surface area contributed by atoms with Crippen molar-refractivity contribution in [3.8, 4) is 22.9 Å². The third-order valence-electron chi connectivity index (χ3n) is 5.53. The molecule has 0 unspecified atom stereocenters. The van der Waals surface area contributed by atoms with Gasteiger partial charge < -0.3 is 9.47 Å². The molecule has 0 spiro atoms. The zero-order chi connectivity index (χ0) is 23.9. The van der Waals surface area contributed by atoms with Crippen molar-refractivity contribution in [3.63, 3.8) is 0 Å². The van der Waals surface area contributed by atoms with Gasteiger partial charge in [-0.25, -0.2) is 0 Å². The first-order valence-corrected chi connectivity index (χ1v) is 13.2. The number of unbranched alkanes of at least 4 members (excludes halogenated alkanes) is 5. The molecule has 34 heavy (non-hydrogen) atoms. The summed E-state index contributed by atoms with van der Waals surface area (Å²) in [5.74, 6) is 1.91. The Balaban J connectivity index is 1.48. The highest BCUT2D eigenvalue weighted by molar-refractivity contribution is 9.10. The number of hydrogen-bond donors (Lipinski definition) is 0. The second-order valence-electron chi connectivity index (χ2n) is 8.08. The van der Waals surface area contributed by atoms with Crippen molar-refractivity contribution in [2.24, 2.45) is 0 Å². The number of nitrogens with zero attached hydrogens (tertiary/aromatic N) is 3. The summed E-state index contributed by atoms with van der Waals surface area (Å²) >= 11 is 4.74. The van der Waals surface area contributed by atoms with E-state index in [0.717, 1.165) is 27.8 Å². The zero-order valence-electron chi connectivity index (χ0n) is 19.4. The van der Waals surface area contributed by atoms with Crippen LogP contribution in [-0.2, 0) is 0 Å². The summed E-state index contributed by atoms with van der Waals surface area (Å²) in [6.07, 6.45) is 9.15. The summed E-state index contributed by atoms with van der Waals surface area (Å²) in [6, 6.07) is 13.4. The van der Waals surface area contributed by atoms with Gasteiger partial charge >= 0.3 is 0 Å². The van der Waals surface area contributed by atoms with Gasteiger partial charge in [0.2, 0.25) is 4.96 Å². The summed E-state index contributed by atoms with van der Waals surface area (Å²) in [7, 11) is 1.63. The summed E-state index contributed by atoms with van der Waals surface area (Å²) in [5.41, 5.74) is 1.54. The van der Waals surface area contributed by atoms with E-state index in [1.54, 1.807) is 7.11 Å². The molecule has 0 N–H and O–H groups in total. The monoisotopic (exact) mass is 541 g/mol. The summed E-state index contributed by atoms with van der Waals surface area (Å²) in [6.45, 7) is 2.90. The number of aromatic nitrogens is 3. The van der Waals surface area contributed by atoms with Crippen molar-refractivity contribution in [3.05, 3.63) is 67.4 Å². The number of methoxy groups -OCH3 is 1. The van der Waals surface area contributed by atoms with Gasteiger partial charge in [-0.15, -0.1) is 5.10 Å². The van der Waals surface area contributed by atoms with Gasteiger partial charge in [-0.2, -0.15) is 9.50 Å². The van der Waals surface area contributed by atoms with Crippen LogP contribution in [0.4, 0.5) is 0 Å². The average molecular weight is 542 g/mol. The molecule has 8 heteroatoms. The summed E-state index contributed by atoms with van der Waals surface area (Å²) in [4.78, 5) is 18.0. The molecule has 4 rings (SSSR count). The van der Waals surface area contributed by atoms with Crippen LogP contribution in [0.2, 0.25) is 0 Å². The van der Waals surface area contributed by atoms with E-state index in [9.17, 15) is 4.79 Å². The zero-order valence-corrected chi connectivity index (χ0v) is 21.8. The normalized spacial score (nSPS) is 11.9. The van der Waals surface area contributed by atoms with Crippen LogP contribution in [-0.4, -0.2) is 28.3 Å². The van der Waals surface area contributed by atoms with Gasteiger partial charge in [-0.1, -0.05) is 84.5 Å². The molecule has 6 nitrogen and oxygen atoms in total. The third kappa shape index (κ3) is 5.85.